The van der Waals surface area contributed by atoms with E-state index < -0.39 is 0 Å². The van der Waals surface area contributed by atoms with Crippen molar-refractivity contribution >= 4 is 28.2 Å². The zero-order valence-corrected chi connectivity index (χ0v) is 21.1. The zero-order valence-electron chi connectivity index (χ0n) is 20.4. The van der Waals surface area contributed by atoms with E-state index in [2.05, 4.69) is 15.6 Å². The van der Waals surface area contributed by atoms with E-state index in [-0.39, 0.29) is 11.2 Å². The number of fused-ring (bicyclic) bond motifs is 1. The summed E-state index contributed by atoms with van der Waals surface area (Å²) < 4.78 is 1.87. The molecule has 0 atom stereocenters. The topological polar surface area (TPSA) is 79.2 Å². The Morgan fingerprint density at radius 1 is 0.971 bits per heavy atom. The van der Waals surface area contributed by atoms with Gasteiger partial charge in [-0.1, -0.05) is 50.1 Å². The van der Waals surface area contributed by atoms with Crippen molar-refractivity contribution in [1.82, 2.24) is 14.9 Å². The zero-order chi connectivity index (χ0) is 24.3. The molecule has 0 saturated carbocycles. The number of aromatic nitrogens is 2. The van der Waals surface area contributed by atoms with Crippen molar-refractivity contribution in [3.8, 4) is 5.75 Å². The number of rotatable bonds is 14. The number of hydrogen-bond donors (Lipinski definition) is 3. The average molecular weight is 485 g/mol. The molecular formula is C27H37ClN4O2. The SMILES string of the molecule is Cc1cc(=O)c(O)c(CNCCCCCCCCCCNc2ccnc3cc(Cl)ccc23)n1C. The van der Waals surface area contributed by atoms with Crippen LogP contribution in [0.15, 0.2) is 41.3 Å². The first-order chi connectivity index (χ1) is 16.5. The summed E-state index contributed by atoms with van der Waals surface area (Å²) in [5.41, 5.74) is 3.24. The lowest BCUT2D eigenvalue weighted by Gasteiger charge is -2.14. The first-order valence-electron chi connectivity index (χ1n) is 12.3. The summed E-state index contributed by atoms with van der Waals surface area (Å²) in [6.45, 7) is 4.25. The Balaban J connectivity index is 1.20. The summed E-state index contributed by atoms with van der Waals surface area (Å²) in [7, 11) is 1.87. The number of hydrogen-bond acceptors (Lipinski definition) is 5. The number of aromatic hydroxyl groups is 1. The van der Waals surface area contributed by atoms with Crippen LogP contribution in [0.4, 0.5) is 5.69 Å². The second kappa shape index (κ2) is 13.4. The molecule has 1 aromatic carbocycles. The molecule has 3 aromatic rings. The normalized spacial score (nSPS) is 11.3. The standard InChI is InChI=1S/C27H37ClN4O2/c1-20-17-26(33)27(34)25(32(20)2)19-29-14-9-7-5-3-4-6-8-10-15-30-23-13-16-31-24-18-21(28)11-12-22(23)24/h11-13,16-18,29,34H,3-10,14-15,19H2,1-2H3,(H,30,31). The molecule has 0 bridgehead atoms. The molecule has 2 heterocycles. The maximum absolute atomic E-state index is 11.8. The quantitative estimate of drug-likeness (QED) is 0.247. The van der Waals surface area contributed by atoms with Gasteiger partial charge < -0.3 is 20.3 Å². The number of nitrogens with one attached hydrogen (secondary N) is 2. The highest BCUT2D eigenvalue weighted by Gasteiger charge is 2.10. The van der Waals surface area contributed by atoms with E-state index in [1.807, 2.05) is 49.0 Å². The Bertz CT molecular complexity index is 1130. The van der Waals surface area contributed by atoms with Gasteiger partial charge in [-0.25, -0.2) is 0 Å². The number of pyridine rings is 2. The molecule has 0 spiro atoms. The molecule has 0 saturated heterocycles. The van der Waals surface area contributed by atoms with Crippen molar-refractivity contribution in [2.75, 3.05) is 18.4 Å². The minimum atomic E-state index is -0.306. The number of aryl methyl sites for hydroxylation is 1. The van der Waals surface area contributed by atoms with Crippen LogP contribution in [0.25, 0.3) is 10.9 Å². The fourth-order valence-corrected chi connectivity index (χ4v) is 4.38. The molecule has 6 nitrogen and oxygen atoms in total. The monoisotopic (exact) mass is 484 g/mol. The van der Waals surface area contributed by atoms with E-state index in [4.69, 9.17) is 11.6 Å². The first kappa shape index (κ1) is 26.0. The molecule has 0 aliphatic rings. The second-order valence-electron chi connectivity index (χ2n) is 8.96. The van der Waals surface area contributed by atoms with Gasteiger partial charge in [-0.3, -0.25) is 9.78 Å². The summed E-state index contributed by atoms with van der Waals surface area (Å²) in [6, 6.07) is 9.32. The smallest absolute Gasteiger partial charge is 0.223 e. The lowest BCUT2D eigenvalue weighted by molar-refractivity contribution is 0.444. The highest BCUT2D eigenvalue weighted by atomic mass is 35.5. The summed E-state index contributed by atoms with van der Waals surface area (Å²) >= 11 is 6.06. The summed E-state index contributed by atoms with van der Waals surface area (Å²) in [4.78, 5) is 16.1. The fourth-order valence-electron chi connectivity index (χ4n) is 4.21. The predicted molar refractivity (Wildman–Crippen MR) is 142 cm³/mol. The van der Waals surface area contributed by atoms with Crippen LogP contribution in [0, 0.1) is 6.92 Å². The van der Waals surface area contributed by atoms with Gasteiger partial charge in [0, 0.05) is 54.2 Å². The van der Waals surface area contributed by atoms with Gasteiger partial charge in [0.1, 0.15) is 0 Å². The molecule has 2 aromatic heterocycles. The van der Waals surface area contributed by atoms with Gasteiger partial charge >= 0.3 is 0 Å². The molecule has 0 aliphatic heterocycles. The van der Waals surface area contributed by atoms with Gasteiger partial charge in [-0.2, -0.15) is 0 Å². The highest BCUT2D eigenvalue weighted by Crippen LogP contribution is 2.24. The molecule has 184 valence electrons. The van der Waals surface area contributed by atoms with Crippen LogP contribution >= 0.6 is 11.6 Å². The molecule has 3 rings (SSSR count). The third-order valence-electron chi connectivity index (χ3n) is 6.37. The van der Waals surface area contributed by atoms with E-state index in [1.54, 1.807) is 0 Å². The van der Waals surface area contributed by atoms with Crippen LogP contribution in [0.1, 0.15) is 62.8 Å². The summed E-state index contributed by atoms with van der Waals surface area (Å²) in [5, 5.41) is 18.7. The second-order valence-corrected chi connectivity index (χ2v) is 9.39. The van der Waals surface area contributed by atoms with Crippen LogP contribution in [0.5, 0.6) is 5.75 Å². The molecule has 3 N–H and O–H groups in total. The number of halogens is 1. The third-order valence-corrected chi connectivity index (χ3v) is 6.61. The van der Waals surface area contributed by atoms with Crippen LogP contribution in [0.2, 0.25) is 5.02 Å². The van der Waals surface area contributed by atoms with Crippen molar-refractivity contribution in [2.24, 2.45) is 7.05 Å². The Hall–Kier alpha value is -2.57. The van der Waals surface area contributed by atoms with Gasteiger partial charge in [-0.05, 0) is 50.6 Å². The molecule has 0 fully saturated rings. The van der Waals surface area contributed by atoms with Gasteiger partial charge in [0.25, 0.3) is 0 Å². The predicted octanol–water partition coefficient (Wildman–Crippen LogP) is 5.92. The molecule has 34 heavy (non-hydrogen) atoms. The molecule has 0 unspecified atom stereocenters. The van der Waals surface area contributed by atoms with E-state index in [9.17, 15) is 9.90 Å². The summed E-state index contributed by atoms with van der Waals surface area (Å²) in [6.07, 6.45) is 11.6. The van der Waals surface area contributed by atoms with Gasteiger partial charge in [0.15, 0.2) is 5.75 Å². The van der Waals surface area contributed by atoms with Gasteiger partial charge in [-0.15, -0.1) is 0 Å². The largest absolute Gasteiger partial charge is 0.503 e. The van der Waals surface area contributed by atoms with Crippen molar-refractivity contribution in [3.05, 3.63) is 63.2 Å². The Morgan fingerprint density at radius 2 is 1.65 bits per heavy atom. The molecule has 0 amide bonds. The maximum Gasteiger partial charge on any atom is 0.223 e. The third kappa shape index (κ3) is 7.47. The Morgan fingerprint density at radius 3 is 2.38 bits per heavy atom. The lowest BCUT2D eigenvalue weighted by atomic mass is 10.1. The average Bonchev–Trinajstić information content (AvgIpc) is 2.82. The molecule has 0 radical (unpaired) electrons. The minimum Gasteiger partial charge on any atom is -0.503 e. The highest BCUT2D eigenvalue weighted by molar-refractivity contribution is 6.31. The van der Waals surface area contributed by atoms with Crippen molar-refractivity contribution < 1.29 is 5.11 Å². The Labute approximate surface area is 207 Å². The van der Waals surface area contributed by atoms with Crippen molar-refractivity contribution in [1.29, 1.82) is 0 Å². The fraction of sp³-hybridized carbons (Fsp3) is 0.481. The lowest BCUT2D eigenvalue weighted by Crippen LogP contribution is -2.21. The summed E-state index contributed by atoms with van der Waals surface area (Å²) in [5.74, 6) is -0.144. The number of unbranched alkanes of at least 4 members (excludes halogenated alkanes) is 7. The van der Waals surface area contributed by atoms with Crippen molar-refractivity contribution in [2.45, 2.75) is 64.8 Å². The van der Waals surface area contributed by atoms with Crippen molar-refractivity contribution in [3.63, 3.8) is 0 Å². The van der Waals surface area contributed by atoms with E-state index in [0.29, 0.717) is 17.3 Å². The van der Waals surface area contributed by atoms with Crippen LogP contribution in [0.3, 0.4) is 0 Å². The molecular weight excluding hydrogens is 448 g/mol. The molecule has 7 heteroatoms. The maximum atomic E-state index is 11.8. The first-order valence-corrected chi connectivity index (χ1v) is 12.7. The van der Waals surface area contributed by atoms with E-state index in [1.165, 1.54) is 44.6 Å². The van der Waals surface area contributed by atoms with E-state index >= 15 is 0 Å². The van der Waals surface area contributed by atoms with Crippen LogP contribution in [-0.2, 0) is 13.6 Å². The molecule has 0 aliphatic carbocycles. The number of benzene rings is 1. The Kier molecular flexibility index (Phi) is 10.2. The van der Waals surface area contributed by atoms with Crippen LogP contribution in [-0.4, -0.2) is 27.7 Å². The van der Waals surface area contributed by atoms with Gasteiger partial charge in [0.2, 0.25) is 5.43 Å². The number of anilines is 1. The minimum absolute atomic E-state index is 0.144. The van der Waals surface area contributed by atoms with Gasteiger partial charge in [0.05, 0.1) is 11.2 Å². The number of nitrogens with zero attached hydrogens (tertiary/aromatic N) is 2. The van der Waals surface area contributed by atoms with E-state index in [0.717, 1.165) is 48.2 Å². The van der Waals surface area contributed by atoms with Crippen LogP contribution < -0.4 is 16.1 Å².